The lowest BCUT2D eigenvalue weighted by Crippen LogP contribution is -2.48. The van der Waals surface area contributed by atoms with E-state index in [-0.39, 0.29) is 5.52 Å². The van der Waals surface area contributed by atoms with Gasteiger partial charge in [-0.15, -0.1) is 10.2 Å². The third-order valence-electron chi connectivity index (χ3n) is 4.68. The molecule has 1 amide bonds. The first-order valence-electron chi connectivity index (χ1n) is 8.20. The molecular weight excluding hydrogens is 365 g/mol. The molecule has 1 aromatic carbocycles. The van der Waals surface area contributed by atoms with Gasteiger partial charge in [-0.25, -0.2) is 9.78 Å². The second kappa shape index (κ2) is 5.96. The molecule has 1 aliphatic rings. The van der Waals surface area contributed by atoms with Gasteiger partial charge in [-0.1, -0.05) is 0 Å². The standard InChI is InChI=1S/C16H15F3N6O2/c1-9-6-10(16(17,18)19)7-11-12(9)21-13(14-22-20-8-25(11)14)23-2-4-24(5-3-23)15(26)27/h6-8H,2-5H2,1H3,(H,26,27). The molecule has 4 rings (SSSR count). The van der Waals surface area contributed by atoms with Gasteiger partial charge in [-0.3, -0.25) is 4.40 Å². The van der Waals surface area contributed by atoms with E-state index in [1.54, 1.807) is 6.92 Å². The molecule has 11 heteroatoms. The third-order valence-corrected chi connectivity index (χ3v) is 4.68. The summed E-state index contributed by atoms with van der Waals surface area (Å²) in [5.41, 5.74) is 0.666. The van der Waals surface area contributed by atoms with Gasteiger partial charge in [-0.2, -0.15) is 13.2 Å². The Balaban J connectivity index is 1.84. The van der Waals surface area contributed by atoms with E-state index in [2.05, 4.69) is 15.2 Å². The van der Waals surface area contributed by atoms with E-state index in [9.17, 15) is 18.0 Å². The van der Waals surface area contributed by atoms with Crippen LogP contribution in [0.15, 0.2) is 18.5 Å². The number of hydrogen-bond donors (Lipinski definition) is 1. The van der Waals surface area contributed by atoms with Crippen molar-refractivity contribution in [3.05, 3.63) is 29.6 Å². The van der Waals surface area contributed by atoms with E-state index in [1.165, 1.54) is 15.6 Å². The van der Waals surface area contributed by atoms with E-state index >= 15 is 0 Å². The minimum atomic E-state index is -4.47. The number of hydrogen-bond acceptors (Lipinski definition) is 5. The van der Waals surface area contributed by atoms with Crippen LogP contribution in [0, 0.1) is 6.92 Å². The van der Waals surface area contributed by atoms with Crippen molar-refractivity contribution in [3.63, 3.8) is 0 Å². The topological polar surface area (TPSA) is 86.9 Å². The third kappa shape index (κ3) is 2.88. The highest BCUT2D eigenvalue weighted by Crippen LogP contribution is 2.34. The van der Waals surface area contributed by atoms with Crippen LogP contribution in [0.5, 0.6) is 0 Å². The molecule has 0 bridgehead atoms. The lowest BCUT2D eigenvalue weighted by Gasteiger charge is -2.34. The van der Waals surface area contributed by atoms with Crippen LogP contribution in [0.4, 0.5) is 23.8 Å². The summed E-state index contributed by atoms with van der Waals surface area (Å²) in [5.74, 6) is 0.480. The average molecular weight is 380 g/mol. The first-order chi connectivity index (χ1) is 12.8. The molecule has 0 spiro atoms. The molecule has 0 radical (unpaired) electrons. The summed E-state index contributed by atoms with van der Waals surface area (Å²) < 4.78 is 41.0. The van der Waals surface area contributed by atoms with Crippen molar-refractivity contribution < 1.29 is 23.1 Å². The molecule has 3 aromatic rings. The van der Waals surface area contributed by atoms with Crippen LogP contribution in [-0.2, 0) is 6.18 Å². The molecule has 3 heterocycles. The van der Waals surface area contributed by atoms with Crippen LogP contribution < -0.4 is 4.90 Å². The molecule has 0 saturated carbocycles. The van der Waals surface area contributed by atoms with Crippen LogP contribution in [0.3, 0.4) is 0 Å². The number of halogens is 3. The van der Waals surface area contributed by atoms with Gasteiger partial charge >= 0.3 is 12.3 Å². The second-order valence-corrected chi connectivity index (χ2v) is 6.38. The summed E-state index contributed by atoms with van der Waals surface area (Å²) in [6.07, 6.45) is -4.09. The fraction of sp³-hybridized carbons (Fsp3) is 0.375. The predicted molar refractivity (Wildman–Crippen MR) is 89.8 cm³/mol. The quantitative estimate of drug-likeness (QED) is 0.698. The average Bonchev–Trinajstić information content (AvgIpc) is 3.10. The number of carboxylic acid groups (broad SMARTS) is 1. The van der Waals surface area contributed by atoms with Crippen LogP contribution in [-0.4, -0.2) is 61.9 Å². The lowest BCUT2D eigenvalue weighted by molar-refractivity contribution is -0.137. The Kier molecular flexibility index (Phi) is 3.82. The molecule has 0 aliphatic carbocycles. The number of aromatic nitrogens is 4. The predicted octanol–water partition coefficient (Wildman–Crippen LogP) is 2.40. The normalized spacial score (nSPS) is 15.7. The summed E-state index contributed by atoms with van der Waals surface area (Å²) >= 11 is 0. The Morgan fingerprint density at radius 3 is 2.52 bits per heavy atom. The number of benzene rings is 1. The number of aryl methyl sites for hydroxylation is 1. The number of rotatable bonds is 1. The van der Waals surface area contributed by atoms with E-state index < -0.39 is 17.8 Å². The molecule has 142 valence electrons. The molecule has 0 unspecified atom stereocenters. The van der Waals surface area contributed by atoms with Gasteiger partial charge in [0.15, 0.2) is 5.82 Å². The minimum absolute atomic E-state index is 0.273. The zero-order chi connectivity index (χ0) is 19.3. The molecule has 0 atom stereocenters. The zero-order valence-corrected chi connectivity index (χ0v) is 14.2. The summed E-state index contributed by atoms with van der Waals surface area (Å²) in [6.45, 7) is 3.01. The first-order valence-corrected chi connectivity index (χ1v) is 8.20. The molecular formula is C16H15F3N6O2. The second-order valence-electron chi connectivity index (χ2n) is 6.38. The van der Waals surface area contributed by atoms with E-state index in [0.29, 0.717) is 48.7 Å². The van der Waals surface area contributed by atoms with Crippen molar-refractivity contribution >= 4 is 28.6 Å². The van der Waals surface area contributed by atoms with Crippen LogP contribution >= 0.6 is 0 Å². The summed E-state index contributed by atoms with van der Waals surface area (Å²) in [5, 5.41) is 16.9. The van der Waals surface area contributed by atoms with Crippen molar-refractivity contribution in [2.75, 3.05) is 31.1 Å². The Bertz CT molecular complexity index is 1040. The van der Waals surface area contributed by atoms with Gasteiger partial charge in [0, 0.05) is 26.2 Å². The fourth-order valence-corrected chi connectivity index (χ4v) is 3.30. The fourth-order valence-electron chi connectivity index (χ4n) is 3.30. The van der Waals surface area contributed by atoms with Gasteiger partial charge in [0.2, 0.25) is 5.65 Å². The molecule has 8 nitrogen and oxygen atoms in total. The summed E-state index contributed by atoms with van der Waals surface area (Å²) in [6, 6.07) is 2.11. The van der Waals surface area contributed by atoms with E-state index in [1.807, 2.05) is 4.90 Å². The highest BCUT2D eigenvalue weighted by molar-refractivity contribution is 5.86. The number of anilines is 1. The largest absolute Gasteiger partial charge is 0.465 e. The number of nitrogens with zero attached hydrogens (tertiary/aromatic N) is 6. The summed E-state index contributed by atoms with van der Waals surface area (Å²) in [4.78, 5) is 18.8. The molecule has 1 aliphatic heterocycles. The number of alkyl halides is 3. The van der Waals surface area contributed by atoms with E-state index in [0.717, 1.165) is 12.1 Å². The monoisotopic (exact) mass is 380 g/mol. The van der Waals surface area contributed by atoms with E-state index in [4.69, 9.17) is 5.11 Å². The first kappa shape index (κ1) is 17.3. The maximum atomic E-state index is 13.2. The number of piperazine rings is 1. The smallest absolute Gasteiger partial charge is 0.416 e. The Labute approximate surface area is 150 Å². The highest BCUT2D eigenvalue weighted by atomic mass is 19.4. The van der Waals surface area contributed by atoms with Gasteiger partial charge in [-0.05, 0) is 24.6 Å². The molecule has 27 heavy (non-hydrogen) atoms. The molecule has 1 N–H and O–H groups in total. The number of fused-ring (bicyclic) bond motifs is 3. The van der Waals surface area contributed by atoms with Gasteiger partial charge in [0.1, 0.15) is 6.33 Å². The van der Waals surface area contributed by atoms with Crippen molar-refractivity contribution in [3.8, 4) is 0 Å². The lowest BCUT2D eigenvalue weighted by atomic mass is 10.1. The maximum absolute atomic E-state index is 13.2. The number of carbonyl (C=O) groups is 1. The van der Waals surface area contributed by atoms with Gasteiger partial charge in [0.25, 0.3) is 0 Å². The minimum Gasteiger partial charge on any atom is -0.465 e. The zero-order valence-electron chi connectivity index (χ0n) is 14.2. The van der Waals surface area contributed by atoms with Gasteiger partial charge in [0.05, 0.1) is 16.6 Å². The van der Waals surface area contributed by atoms with Crippen LogP contribution in [0.1, 0.15) is 11.1 Å². The molecule has 2 aromatic heterocycles. The highest BCUT2D eigenvalue weighted by Gasteiger charge is 2.32. The Morgan fingerprint density at radius 1 is 1.19 bits per heavy atom. The number of amides is 1. The SMILES string of the molecule is Cc1cc(C(F)(F)F)cc2c1nc(N1CCN(C(=O)O)CC1)c1nncn12. The molecule has 1 saturated heterocycles. The Morgan fingerprint density at radius 2 is 1.89 bits per heavy atom. The Hall–Kier alpha value is -3.11. The summed E-state index contributed by atoms with van der Waals surface area (Å²) in [7, 11) is 0. The van der Waals surface area contributed by atoms with Crippen molar-refractivity contribution in [2.45, 2.75) is 13.1 Å². The molecule has 1 fully saturated rings. The van der Waals surface area contributed by atoms with Crippen molar-refractivity contribution in [2.24, 2.45) is 0 Å². The maximum Gasteiger partial charge on any atom is 0.416 e. The van der Waals surface area contributed by atoms with Crippen molar-refractivity contribution in [1.29, 1.82) is 0 Å². The van der Waals surface area contributed by atoms with Crippen molar-refractivity contribution in [1.82, 2.24) is 24.5 Å². The van der Waals surface area contributed by atoms with Crippen LogP contribution in [0.25, 0.3) is 16.7 Å². The van der Waals surface area contributed by atoms with Gasteiger partial charge < -0.3 is 14.9 Å². The van der Waals surface area contributed by atoms with Crippen LogP contribution in [0.2, 0.25) is 0 Å².